The lowest BCUT2D eigenvalue weighted by molar-refractivity contribution is 0.532. The van der Waals surface area contributed by atoms with Gasteiger partial charge in [0, 0.05) is 35.9 Å². The molecule has 0 atom stereocenters. The first-order valence-corrected chi connectivity index (χ1v) is 8.60. The van der Waals surface area contributed by atoms with E-state index >= 15 is 0 Å². The Bertz CT molecular complexity index is 635. The van der Waals surface area contributed by atoms with Gasteiger partial charge in [-0.3, -0.25) is 4.68 Å². The van der Waals surface area contributed by atoms with E-state index in [1.807, 2.05) is 28.8 Å². The maximum Gasteiger partial charge on any atom is 0.164 e. The topological polar surface area (TPSA) is 55.6 Å². The number of thioether (sulfide) groups is 1. The average molecular weight is 303 g/mol. The van der Waals surface area contributed by atoms with Gasteiger partial charge >= 0.3 is 0 Å². The number of fused-ring (bicyclic) bond motifs is 1. The second-order valence-electron chi connectivity index (χ2n) is 5.54. The SMILES string of the molecule is CCCNc1nc(-c2cnn(C(C)C)c2)nc2c1CSC2. The van der Waals surface area contributed by atoms with E-state index in [1.54, 1.807) is 0 Å². The van der Waals surface area contributed by atoms with E-state index in [-0.39, 0.29) is 0 Å². The van der Waals surface area contributed by atoms with Gasteiger partial charge in [-0.15, -0.1) is 0 Å². The van der Waals surface area contributed by atoms with E-state index < -0.39 is 0 Å². The van der Waals surface area contributed by atoms with Crippen molar-refractivity contribution >= 4 is 17.6 Å². The van der Waals surface area contributed by atoms with Crippen LogP contribution in [0.25, 0.3) is 11.4 Å². The van der Waals surface area contributed by atoms with E-state index in [0.717, 1.165) is 41.7 Å². The first kappa shape index (κ1) is 14.4. The molecule has 0 fully saturated rings. The molecule has 21 heavy (non-hydrogen) atoms. The summed E-state index contributed by atoms with van der Waals surface area (Å²) in [4.78, 5) is 9.48. The maximum atomic E-state index is 4.74. The largest absolute Gasteiger partial charge is 0.370 e. The molecule has 0 saturated carbocycles. The van der Waals surface area contributed by atoms with Gasteiger partial charge in [0.05, 0.1) is 17.5 Å². The summed E-state index contributed by atoms with van der Waals surface area (Å²) in [6.07, 6.45) is 4.97. The molecule has 0 bridgehead atoms. The predicted molar refractivity (Wildman–Crippen MR) is 87.4 cm³/mol. The van der Waals surface area contributed by atoms with Crippen LogP contribution in [0.4, 0.5) is 5.82 Å². The summed E-state index contributed by atoms with van der Waals surface area (Å²) < 4.78 is 1.94. The minimum atomic E-state index is 0.349. The third-order valence-corrected chi connectivity index (χ3v) is 4.48. The Morgan fingerprint density at radius 1 is 1.33 bits per heavy atom. The summed E-state index contributed by atoms with van der Waals surface area (Å²) in [6, 6.07) is 0.349. The first-order valence-electron chi connectivity index (χ1n) is 7.45. The van der Waals surface area contributed by atoms with Crippen molar-refractivity contribution in [1.29, 1.82) is 0 Å². The van der Waals surface area contributed by atoms with Gasteiger partial charge < -0.3 is 5.32 Å². The molecule has 0 amide bonds. The summed E-state index contributed by atoms with van der Waals surface area (Å²) in [5, 5.41) is 7.83. The molecule has 1 aliphatic rings. The molecule has 0 saturated heterocycles. The van der Waals surface area contributed by atoms with Crippen molar-refractivity contribution < 1.29 is 0 Å². The summed E-state index contributed by atoms with van der Waals surface area (Å²) in [7, 11) is 0. The van der Waals surface area contributed by atoms with E-state index in [0.29, 0.717) is 6.04 Å². The fraction of sp³-hybridized carbons (Fsp3) is 0.533. The lowest BCUT2D eigenvalue weighted by atomic mass is 10.2. The van der Waals surface area contributed by atoms with Gasteiger partial charge in [-0.1, -0.05) is 6.92 Å². The van der Waals surface area contributed by atoms with Crippen LogP contribution in [0.15, 0.2) is 12.4 Å². The van der Waals surface area contributed by atoms with Gasteiger partial charge in [0.2, 0.25) is 0 Å². The fourth-order valence-electron chi connectivity index (χ4n) is 2.31. The molecule has 112 valence electrons. The van der Waals surface area contributed by atoms with Crippen molar-refractivity contribution in [1.82, 2.24) is 19.7 Å². The molecular weight excluding hydrogens is 282 g/mol. The second-order valence-corrected chi connectivity index (χ2v) is 6.53. The number of rotatable bonds is 5. The molecule has 3 rings (SSSR count). The van der Waals surface area contributed by atoms with E-state index in [2.05, 4.69) is 31.2 Å². The second kappa shape index (κ2) is 6.05. The van der Waals surface area contributed by atoms with Gasteiger partial charge in [0.15, 0.2) is 5.82 Å². The lowest BCUT2D eigenvalue weighted by Gasteiger charge is -2.10. The van der Waals surface area contributed by atoms with E-state index in [1.165, 1.54) is 11.3 Å². The maximum absolute atomic E-state index is 4.74. The van der Waals surface area contributed by atoms with Crippen LogP contribution in [-0.4, -0.2) is 26.3 Å². The number of aromatic nitrogens is 4. The molecule has 0 radical (unpaired) electrons. The van der Waals surface area contributed by atoms with Crippen LogP contribution in [0.3, 0.4) is 0 Å². The molecule has 0 aliphatic carbocycles. The zero-order chi connectivity index (χ0) is 14.8. The van der Waals surface area contributed by atoms with Crippen molar-refractivity contribution in [3.63, 3.8) is 0 Å². The van der Waals surface area contributed by atoms with Crippen molar-refractivity contribution in [3.05, 3.63) is 23.7 Å². The predicted octanol–water partition coefficient (Wildman–Crippen LogP) is 3.49. The molecule has 6 heteroatoms. The Morgan fingerprint density at radius 2 is 2.19 bits per heavy atom. The highest BCUT2D eigenvalue weighted by atomic mass is 32.2. The van der Waals surface area contributed by atoms with Crippen molar-refractivity contribution in [2.45, 2.75) is 44.7 Å². The fourth-order valence-corrected chi connectivity index (χ4v) is 3.35. The van der Waals surface area contributed by atoms with Gasteiger partial charge in [-0.05, 0) is 20.3 Å². The Balaban J connectivity index is 1.98. The normalized spacial score (nSPS) is 13.7. The molecule has 0 unspecified atom stereocenters. The zero-order valence-corrected chi connectivity index (χ0v) is 13.6. The smallest absolute Gasteiger partial charge is 0.164 e. The molecule has 2 aromatic rings. The van der Waals surface area contributed by atoms with Crippen LogP contribution < -0.4 is 5.32 Å². The standard InChI is InChI=1S/C15H21N5S/c1-4-5-16-15-12-8-21-9-13(12)18-14(19-15)11-6-17-20(7-11)10(2)3/h6-7,10H,4-5,8-9H2,1-3H3,(H,16,18,19). The number of nitrogens with one attached hydrogen (secondary N) is 1. The molecule has 2 aromatic heterocycles. The monoisotopic (exact) mass is 303 g/mol. The van der Waals surface area contributed by atoms with Gasteiger partial charge in [-0.25, -0.2) is 9.97 Å². The Kier molecular flexibility index (Phi) is 4.14. The molecular formula is C15H21N5S. The number of anilines is 1. The molecule has 0 spiro atoms. The Labute approximate surface area is 129 Å². The van der Waals surface area contributed by atoms with Crippen LogP contribution in [0, 0.1) is 0 Å². The van der Waals surface area contributed by atoms with Gasteiger partial charge in [0.1, 0.15) is 5.82 Å². The molecule has 0 aromatic carbocycles. The third-order valence-electron chi connectivity index (χ3n) is 3.51. The Hall–Kier alpha value is -1.56. The van der Waals surface area contributed by atoms with Gasteiger partial charge in [-0.2, -0.15) is 16.9 Å². The summed E-state index contributed by atoms with van der Waals surface area (Å²) in [5.41, 5.74) is 3.43. The highest BCUT2D eigenvalue weighted by Gasteiger charge is 2.20. The number of nitrogens with zero attached hydrogens (tertiary/aromatic N) is 4. The molecule has 1 N–H and O–H groups in total. The highest BCUT2D eigenvalue weighted by molar-refractivity contribution is 7.98. The minimum Gasteiger partial charge on any atom is -0.370 e. The lowest BCUT2D eigenvalue weighted by Crippen LogP contribution is -2.08. The number of hydrogen-bond donors (Lipinski definition) is 1. The van der Waals surface area contributed by atoms with Gasteiger partial charge in [0.25, 0.3) is 0 Å². The summed E-state index contributed by atoms with van der Waals surface area (Å²) in [6.45, 7) is 7.34. The quantitative estimate of drug-likeness (QED) is 0.916. The first-order chi connectivity index (χ1) is 10.2. The number of hydrogen-bond acceptors (Lipinski definition) is 5. The van der Waals surface area contributed by atoms with E-state index in [4.69, 9.17) is 9.97 Å². The molecule has 3 heterocycles. The van der Waals surface area contributed by atoms with Crippen LogP contribution in [0.5, 0.6) is 0 Å². The van der Waals surface area contributed by atoms with Crippen molar-refractivity contribution in [3.8, 4) is 11.4 Å². The van der Waals surface area contributed by atoms with Crippen LogP contribution in [0.2, 0.25) is 0 Å². The van der Waals surface area contributed by atoms with Crippen LogP contribution in [0.1, 0.15) is 44.5 Å². The molecule has 5 nitrogen and oxygen atoms in total. The van der Waals surface area contributed by atoms with Crippen LogP contribution >= 0.6 is 11.8 Å². The Morgan fingerprint density at radius 3 is 2.90 bits per heavy atom. The third kappa shape index (κ3) is 2.90. The zero-order valence-electron chi connectivity index (χ0n) is 12.8. The highest BCUT2D eigenvalue weighted by Crippen LogP contribution is 2.34. The summed E-state index contributed by atoms with van der Waals surface area (Å²) in [5.74, 6) is 3.76. The summed E-state index contributed by atoms with van der Waals surface area (Å²) >= 11 is 1.90. The molecule has 1 aliphatic heterocycles. The van der Waals surface area contributed by atoms with Crippen molar-refractivity contribution in [2.75, 3.05) is 11.9 Å². The van der Waals surface area contributed by atoms with Crippen molar-refractivity contribution in [2.24, 2.45) is 0 Å². The minimum absolute atomic E-state index is 0.349. The van der Waals surface area contributed by atoms with E-state index in [9.17, 15) is 0 Å². The average Bonchev–Trinajstić information content (AvgIpc) is 3.12. The van der Waals surface area contributed by atoms with Crippen LogP contribution in [-0.2, 0) is 11.5 Å².